The number of hydrogen-bond donors (Lipinski definition) is 2. The Morgan fingerprint density at radius 1 is 1.38 bits per heavy atom. The van der Waals surface area contributed by atoms with Crippen molar-refractivity contribution in [1.82, 2.24) is 5.32 Å². The quantitative estimate of drug-likeness (QED) is 0.711. The van der Waals surface area contributed by atoms with E-state index >= 15 is 0 Å². The number of nitrogens with one attached hydrogen (secondary N) is 1. The van der Waals surface area contributed by atoms with Gasteiger partial charge in [-0.2, -0.15) is 0 Å². The predicted molar refractivity (Wildman–Crippen MR) is 78.0 cm³/mol. The SMILES string of the molecule is CC[C@H](C)[C@H](NC(=O)C(C)OCC1CCCCO1)C(=O)O. The van der Waals surface area contributed by atoms with Crippen LogP contribution < -0.4 is 5.32 Å². The third-order valence-electron chi connectivity index (χ3n) is 3.95. The maximum Gasteiger partial charge on any atom is 0.326 e. The maximum atomic E-state index is 12.0. The Bertz CT molecular complexity index is 341. The second-order valence-electron chi connectivity index (χ2n) is 5.67. The molecule has 0 aliphatic carbocycles. The van der Waals surface area contributed by atoms with Gasteiger partial charge in [-0.1, -0.05) is 20.3 Å². The Morgan fingerprint density at radius 3 is 2.62 bits per heavy atom. The van der Waals surface area contributed by atoms with Gasteiger partial charge in [-0.15, -0.1) is 0 Å². The van der Waals surface area contributed by atoms with Gasteiger partial charge in [0.2, 0.25) is 5.91 Å². The summed E-state index contributed by atoms with van der Waals surface area (Å²) in [5.74, 6) is -1.53. The van der Waals surface area contributed by atoms with E-state index in [4.69, 9.17) is 14.6 Å². The summed E-state index contributed by atoms with van der Waals surface area (Å²) >= 11 is 0. The number of aliphatic carboxylic acids is 1. The topological polar surface area (TPSA) is 84.9 Å². The van der Waals surface area contributed by atoms with Crippen LogP contribution in [0.4, 0.5) is 0 Å². The van der Waals surface area contributed by atoms with Crippen molar-refractivity contribution in [2.45, 2.75) is 64.7 Å². The molecule has 122 valence electrons. The zero-order valence-electron chi connectivity index (χ0n) is 13.1. The summed E-state index contributed by atoms with van der Waals surface area (Å²) < 4.78 is 11.0. The van der Waals surface area contributed by atoms with Crippen LogP contribution >= 0.6 is 0 Å². The van der Waals surface area contributed by atoms with Crippen LogP contribution in [0.3, 0.4) is 0 Å². The molecule has 1 saturated heterocycles. The third-order valence-corrected chi connectivity index (χ3v) is 3.95. The van der Waals surface area contributed by atoms with Gasteiger partial charge in [0, 0.05) is 6.61 Å². The summed E-state index contributed by atoms with van der Waals surface area (Å²) in [6.07, 6.45) is 3.17. The fraction of sp³-hybridized carbons (Fsp3) is 0.867. The Balaban J connectivity index is 2.39. The normalized spacial score (nSPS) is 23.1. The van der Waals surface area contributed by atoms with E-state index in [2.05, 4.69) is 5.32 Å². The number of carbonyl (C=O) groups is 2. The zero-order valence-corrected chi connectivity index (χ0v) is 13.1. The predicted octanol–water partition coefficient (Wildman–Crippen LogP) is 1.58. The molecule has 4 atom stereocenters. The fourth-order valence-corrected chi connectivity index (χ4v) is 2.22. The molecule has 0 bridgehead atoms. The lowest BCUT2D eigenvalue weighted by molar-refractivity contribution is -0.146. The summed E-state index contributed by atoms with van der Waals surface area (Å²) in [5.41, 5.74) is 0. The third kappa shape index (κ3) is 6.01. The second-order valence-corrected chi connectivity index (χ2v) is 5.67. The lowest BCUT2D eigenvalue weighted by atomic mass is 9.99. The Labute approximate surface area is 126 Å². The molecule has 6 nitrogen and oxygen atoms in total. The molecule has 0 aromatic carbocycles. The lowest BCUT2D eigenvalue weighted by Crippen LogP contribution is -2.49. The van der Waals surface area contributed by atoms with Crippen molar-refractivity contribution in [1.29, 1.82) is 0 Å². The Kier molecular flexibility index (Phi) is 7.67. The van der Waals surface area contributed by atoms with E-state index in [0.717, 1.165) is 25.9 Å². The number of ether oxygens (including phenoxy) is 2. The van der Waals surface area contributed by atoms with Gasteiger partial charge in [0.15, 0.2) is 0 Å². The zero-order chi connectivity index (χ0) is 15.8. The molecule has 0 aromatic rings. The molecule has 1 amide bonds. The highest BCUT2D eigenvalue weighted by atomic mass is 16.5. The van der Waals surface area contributed by atoms with Crippen molar-refractivity contribution in [2.24, 2.45) is 5.92 Å². The van der Waals surface area contributed by atoms with Crippen LogP contribution in [-0.4, -0.2) is 48.4 Å². The van der Waals surface area contributed by atoms with E-state index in [1.54, 1.807) is 13.8 Å². The van der Waals surface area contributed by atoms with Crippen molar-refractivity contribution in [3.05, 3.63) is 0 Å². The minimum atomic E-state index is -1.01. The van der Waals surface area contributed by atoms with E-state index in [-0.39, 0.29) is 12.0 Å². The van der Waals surface area contributed by atoms with Gasteiger partial charge in [0.25, 0.3) is 0 Å². The molecular weight excluding hydrogens is 274 g/mol. The average molecular weight is 301 g/mol. The van der Waals surface area contributed by atoms with Gasteiger partial charge in [-0.25, -0.2) is 4.79 Å². The van der Waals surface area contributed by atoms with Gasteiger partial charge in [-0.05, 0) is 32.1 Å². The molecule has 0 spiro atoms. The first-order chi connectivity index (χ1) is 9.95. The van der Waals surface area contributed by atoms with Crippen LogP contribution in [0.25, 0.3) is 0 Å². The van der Waals surface area contributed by atoms with Gasteiger partial charge in [0.05, 0.1) is 12.7 Å². The Hall–Kier alpha value is -1.14. The summed E-state index contributed by atoms with van der Waals surface area (Å²) in [7, 11) is 0. The lowest BCUT2D eigenvalue weighted by Gasteiger charge is -2.25. The van der Waals surface area contributed by atoms with Gasteiger partial charge >= 0.3 is 5.97 Å². The maximum absolute atomic E-state index is 12.0. The molecule has 1 rings (SSSR count). The molecule has 1 aliphatic heterocycles. The van der Waals surface area contributed by atoms with E-state index in [1.165, 1.54) is 0 Å². The number of carboxylic acids is 1. The van der Waals surface area contributed by atoms with Crippen LogP contribution in [0.1, 0.15) is 46.5 Å². The van der Waals surface area contributed by atoms with Crippen molar-refractivity contribution < 1.29 is 24.2 Å². The van der Waals surface area contributed by atoms with E-state index in [9.17, 15) is 9.59 Å². The van der Waals surface area contributed by atoms with Gasteiger partial charge in [-0.3, -0.25) is 4.79 Å². The smallest absolute Gasteiger partial charge is 0.326 e. The van der Waals surface area contributed by atoms with Crippen molar-refractivity contribution >= 4 is 11.9 Å². The minimum absolute atomic E-state index is 0.0406. The number of hydrogen-bond acceptors (Lipinski definition) is 4. The van der Waals surface area contributed by atoms with E-state index < -0.39 is 24.0 Å². The summed E-state index contributed by atoms with van der Waals surface area (Å²) in [5, 5.41) is 11.7. The molecular formula is C15H27NO5. The van der Waals surface area contributed by atoms with Crippen molar-refractivity contribution in [3.63, 3.8) is 0 Å². The monoisotopic (exact) mass is 301 g/mol. The molecule has 0 saturated carbocycles. The first kappa shape index (κ1) is 17.9. The van der Waals surface area contributed by atoms with Crippen LogP contribution in [0.2, 0.25) is 0 Å². The molecule has 2 unspecified atom stereocenters. The number of rotatable bonds is 8. The summed E-state index contributed by atoms with van der Waals surface area (Å²) in [6.45, 7) is 6.45. The van der Waals surface area contributed by atoms with Crippen LogP contribution in [-0.2, 0) is 19.1 Å². The second kappa shape index (κ2) is 9.00. The number of carboxylic acid groups (broad SMARTS) is 1. The Morgan fingerprint density at radius 2 is 2.10 bits per heavy atom. The molecule has 6 heteroatoms. The van der Waals surface area contributed by atoms with Crippen LogP contribution in [0.15, 0.2) is 0 Å². The minimum Gasteiger partial charge on any atom is -0.480 e. The highest BCUT2D eigenvalue weighted by Gasteiger charge is 2.28. The summed E-state index contributed by atoms with van der Waals surface area (Å²) in [6, 6.07) is -0.875. The van der Waals surface area contributed by atoms with Crippen LogP contribution in [0.5, 0.6) is 0 Å². The molecule has 1 aliphatic rings. The van der Waals surface area contributed by atoms with E-state index in [0.29, 0.717) is 13.0 Å². The molecule has 1 fully saturated rings. The first-order valence-corrected chi connectivity index (χ1v) is 7.72. The van der Waals surface area contributed by atoms with Gasteiger partial charge < -0.3 is 19.9 Å². The molecule has 1 heterocycles. The molecule has 2 N–H and O–H groups in total. The molecule has 0 radical (unpaired) electrons. The summed E-state index contributed by atoms with van der Waals surface area (Å²) in [4.78, 5) is 23.2. The average Bonchev–Trinajstić information content (AvgIpc) is 2.49. The van der Waals surface area contributed by atoms with Crippen molar-refractivity contribution in [3.8, 4) is 0 Å². The number of carbonyl (C=O) groups excluding carboxylic acids is 1. The largest absolute Gasteiger partial charge is 0.480 e. The molecule has 21 heavy (non-hydrogen) atoms. The fourth-order valence-electron chi connectivity index (χ4n) is 2.22. The highest BCUT2D eigenvalue weighted by Crippen LogP contribution is 2.14. The van der Waals surface area contributed by atoms with Gasteiger partial charge in [0.1, 0.15) is 12.1 Å². The van der Waals surface area contributed by atoms with Crippen LogP contribution in [0, 0.1) is 5.92 Å². The highest BCUT2D eigenvalue weighted by molar-refractivity contribution is 5.86. The standard InChI is InChI=1S/C15H27NO5/c1-4-10(2)13(15(18)19)16-14(17)11(3)21-9-12-7-5-6-8-20-12/h10-13H,4-9H2,1-3H3,(H,16,17)(H,18,19)/t10-,11?,12?,13-/m0/s1. The van der Waals surface area contributed by atoms with Crippen molar-refractivity contribution in [2.75, 3.05) is 13.2 Å². The first-order valence-electron chi connectivity index (χ1n) is 7.72. The van der Waals surface area contributed by atoms with E-state index in [1.807, 2.05) is 6.92 Å². The number of amides is 1. The molecule has 0 aromatic heterocycles.